The van der Waals surface area contributed by atoms with Crippen molar-refractivity contribution in [1.29, 1.82) is 0 Å². The average Bonchev–Trinajstić information content (AvgIpc) is 2.61. The number of benzene rings is 4. The Balaban J connectivity index is 1.77. The molecule has 0 heterocycles. The van der Waals surface area contributed by atoms with Gasteiger partial charge in [0.2, 0.25) is 0 Å². The molecule has 0 N–H and O–H groups in total. The van der Waals surface area contributed by atoms with Crippen molar-refractivity contribution < 1.29 is 4.39 Å². The van der Waals surface area contributed by atoms with E-state index in [1.165, 1.54) is 28.1 Å². The van der Waals surface area contributed by atoms with Crippen molar-refractivity contribution in [2.75, 3.05) is 0 Å². The monoisotopic (exact) mass is 312 g/mol. The van der Waals surface area contributed by atoms with Crippen LogP contribution in [0.2, 0.25) is 0 Å². The van der Waals surface area contributed by atoms with E-state index in [9.17, 15) is 4.39 Å². The molecule has 0 fully saturated rings. The van der Waals surface area contributed by atoms with Gasteiger partial charge in [0.25, 0.3) is 0 Å². The van der Waals surface area contributed by atoms with Gasteiger partial charge in [0.1, 0.15) is 5.82 Å². The standard InChI is InChI=1S/C23H17F/c1-16-5-7-17(8-6-16)19-9-10-22-14-20(11-12-21(22)13-19)18-3-2-4-23(24)15-18/h2-15H,1H3. The lowest BCUT2D eigenvalue weighted by atomic mass is 9.97. The van der Waals surface area contributed by atoms with Crippen LogP contribution >= 0.6 is 0 Å². The van der Waals surface area contributed by atoms with Crippen LogP contribution in [-0.4, -0.2) is 0 Å². The van der Waals surface area contributed by atoms with Crippen molar-refractivity contribution in [2.24, 2.45) is 0 Å². The maximum absolute atomic E-state index is 13.4. The van der Waals surface area contributed by atoms with Crippen LogP contribution in [0, 0.1) is 12.7 Å². The molecule has 24 heavy (non-hydrogen) atoms. The molecule has 4 aromatic carbocycles. The van der Waals surface area contributed by atoms with Crippen molar-refractivity contribution in [3.05, 3.63) is 96.3 Å². The number of hydrogen-bond acceptors (Lipinski definition) is 0. The minimum absolute atomic E-state index is 0.206. The smallest absolute Gasteiger partial charge is 0.123 e. The summed E-state index contributed by atoms with van der Waals surface area (Å²) in [5, 5.41) is 2.35. The van der Waals surface area contributed by atoms with Crippen molar-refractivity contribution in [3.8, 4) is 22.3 Å². The Hall–Kier alpha value is -2.93. The first-order chi connectivity index (χ1) is 11.7. The predicted molar refractivity (Wildman–Crippen MR) is 99.5 cm³/mol. The summed E-state index contributed by atoms with van der Waals surface area (Å²) in [6.45, 7) is 2.10. The summed E-state index contributed by atoms with van der Waals surface area (Å²) in [6, 6.07) is 28.0. The van der Waals surface area contributed by atoms with Crippen LogP contribution in [-0.2, 0) is 0 Å². The summed E-state index contributed by atoms with van der Waals surface area (Å²) < 4.78 is 13.4. The largest absolute Gasteiger partial charge is 0.207 e. The molecule has 1 heteroatoms. The number of hydrogen-bond donors (Lipinski definition) is 0. The van der Waals surface area contributed by atoms with E-state index >= 15 is 0 Å². The third-order valence-corrected chi connectivity index (χ3v) is 4.38. The number of halogens is 1. The fourth-order valence-corrected chi connectivity index (χ4v) is 3.02. The first-order valence-corrected chi connectivity index (χ1v) is 8.06. The third-order valence-electron chi connectivity index (χ3n) is 4.38. The molecule has 0 spiro atoms. The van der Waals surface area contributed by atoms with E-state index in [1.807, 2.05) is 6.07 Å². The molecule has 116 valence electrons. The maximum Gasteiger partial charge on any atom is 0.123 e. The predicted octanol–water partition coefficient (Wildman–Crippen LogP) is 6.62. The maximum atomic E-state index is 13.4. The zero-order chi connectivity index (χ0) is 16.5. The van der Waals surface area contributed by atoms with Crippen molar-refractivity contribution in [2.45, 2.75) is 6.92 Å². The van der Waals surface area contributed by atoms with Crippen LogP contribution in [0.4, 0.5) is 4.39 Å². The van der Waals surface area contributed by atoms with E-state index < -0.39 is 0 Å². The van der Waals surface area contributed by atoms with Crippen LogP contribution in [0.3, 0.4) is 0 Å². The molecule has 0 nitrogen and oxygen atoms in total. The highest BCUT2D eigenvalue weighted by Gasteiger charge is 2.03. The molecule has 0 saturated heterocycles. The molecule has 0 amide bonds. The van der Waals surface area contributed by atoms with Crippen LogP contribution in [0.15, 0.2) is 84.9 Å². The third kappa shape index (κ3) is 2.81. The number of fused-ring (bicyclic) bond motifs is 1. The summed E-state index contributed by atoms with van der Waals surface area (Å²) in [5.41, 5.74) is 5.63. The Bertz CT molecular complexity index is 1010. The van der Waals surface area contributed by atoms with Gasteiger partial charge in [0.05, 0.1) is 0 Å². The van der Waals surface area contributed by atoms with Gasteiger partial charge >= 0.3 is 0 Å². The molecule has 0 aromatic heterocycles. The van der Waals surface area contributed by atoms with Gasteiger partial charge in [0.15, 0.2) is 0 Å². The highest BCUT2D eigenvalue weighted by atomic mass is 19.1. The fraction of sp³-hybridized carbons (Fsp3) is 0.0435. The highest BCUT2D eigenvalue weighted by molar-refractivity contribution is 5.90. The van der Waals surface area contributed by atoms with Crippen molar-refractivity contribution in [1.82, 2.24) is 0 Å². The molecule has 4 rings (SSSR count). The molecule has 0 bridgehead atoms. The minimum Gasteiger partial charge on any atom is -0.207 e. The first kappa shape index (κ1) is 14.6. The summed E-state index contributed by atoms with van der Waals surface area (Å²) in [6.07, 6.45) is 0. The Morgan fingerprint density at radius 2 is 1.08 bits per heavy atom. The van der Waals surface area contributed by atoms with E-state index in [0.29, 0.717) is 0 Å². The zero-order valence-electron chi connectivity index (χ0n) is 13.5. The van der Waals surface area contributed by atoms with E-state index in [0.717, 1.165) is 16.5 Å². The van der Waals surface area contributed by atoms with Gasteiger partial charge in [-0.3, -0.25) is 0 Å². The van der Waals surface area contributed by atoms with Crippen LogP contribution in [0.5, 0.6) is 0 Å². The Kier molecular flexibility index (Phi) is 3.62. The lowest BCUT2D eigenvalue weighted by Gasteiger charge is -2.07. The number of rotatable bonds is 2. The van der Waals surface area contributed by atoms with Crippen LogP contribution in [0.25, 0.3) is 33.0 Å². The van der Waals surface area contributed by atoms with Gasteiger partial charge in [-0.15, -0.1) is 0 Å². The summed E-state index contributed by atoms with van der Waals surface area (Å²) >= 11 is 0. The SMILES string of the molecule is Cc1ccc(-c2ccc3cc(-c4cccc(F)c4)ccc3c2)cc1. The second-order valence-corrected chi connectivity index (χ2v) is 6.15. The van der Waals surface area contributed by atoms with Gasteiger partial charge in [-0.25, -0.2) is 4.39 Å². The lowest BCUT2D eigenvalue weighted by molar-refractivity contribution is 0.628. The molecule has 0 atom stereocenters. The van der Waals surface area contributed by atoms with E-state index in [2.05, 4.69) is 67.6 Å². The van der Waals surface area contributed by atoms with E-state index in [1.54, 1.807) is 12.1 Å². The summed E-state index contributed by atoms with van der Waals surface area (Å²) in [7, 11) is 0. The van der Waals surface area contributed by atoms with E-state index in [4.69, 9.17) is 0 Å². The van der Waals surface area contributed by atoms with E-state index in [-0.39, 0.29) is 5.82 Å². The van der Waals surface area contributed by atoms with Crippen molar-refractivity contribution >= 4 is 10.8 Å². The Morgan fingerprint density at radius 1 is 0.542 bits per heavy atom. The summed E-state index contributed by atoms with van der Waals surface area (Å²) in [5.74, 6) is -0.206. The van der Waals surface area contributed by atoms with Gasteiger partial charge in [-0.2, -0.15) is 0 Å². The van der Waals surface area contributed by atoms with Gasteiger partial charge in [-0.05, 0) is 64.2 Å². The number of aryl methyl sites for hydroxylation is 1. The molecule has 0 radical (unpaired) electrons. The molecular formula is C23H17F. The molecule has 0 aliphatic carbocycles. The second kappa shape index (κ2) is 5.93. The molecular weight excluding hydrogens is 295 g/mol. The second-order valence-electron chi connectivity index (χ2n) is 6.15. The van der Waals surface area contributed by atoms with Crippen LogP contribution < -0.4 is 0 Å². The average molecular weight is 312 g/mol. The molecule has 0 unspecified atom stereocenters. The van der Waals surface area contributed by atoms with Gasteiger partial charge in [-0.1, -0.05) is 66.2 Å². The topological polar surface area (TPSA) is 0 Å². The van der Waals surface area contributed by atoms with Gasteiger partial charge in [0, 0.05) is 0 Å². The molecule has 0 saturated carbocycles. The Morgan fingerprint density at radius 3 is 1.71 bits per heavy atom. The van der Waals surface area contributed by atoms with Crippen molar-refractivity contribution in [3.63, 3.8) is 0 Å². The zero-order valence-corrected chi connectivity index (χ0v) is 13.5. The first-order valence-electron chi connectivity index (χ1n) is 8.06. The fourth-order valence-electron chi connectivity index (χ4n) is 3.02. The quantitative estimate of drug-likeness (QED) is 0.390. The van der Waals surface area contributed by atoms with Gasteiger partial charge < -0.3 is 0 Å². The highest BCUT2D eigenvalue weighted by Crippen LogP contribution is 2.28. The van der Waals surface area contributed by atoms with Crippen LogP contribution in [0.1, 0.15) is 5.56 Å². The minimum atomic E-state index is -0.206. The normalized spacial score (nSPS) is 10.9. The Labute approximate surface area is 141 Å². The lowest BCUT2D eigenvalue weighted by Crippen LogP contribution is -1.83. The molecule has 0 aliphatic heterocycles. The molecule has 4 aromatic rings. The summed E-state index contributed by atoms with van der Waals surface area (Å²) in [4.78, 5) is 0. The molecule has 0 aliphatic rings.